The Kier molecular flexibility index (Phi) is 6.71. The number of benzene rings is 1. The molecule has 1 aromatic carbocycles. The number of aromatic hydroxyl groups is 1. The number of likely N-dealkylation sites (N-methyl/N-ethyl adjacent to an activating group) is 2. The molecule has 0 bridgehead atoms. The van der Waals surface area contributed by atoms with Gasteiger partial charge >= 0.3 is 0 Å². The van der Waals surface area contributed by atoms with E-state index in [0.29, 0.717) is 0 Å². The summed E-state index contributed by atoms with van der Waals surface area (Å²) in [5.41, 5.74) is 11.9. The third-order valence-corrected chi connectivity index (χ3v) is 8.20. The maximum atomic E-state index is 14.3. The SMILES string of the molecule is CN(C)CC(=O)Nc1ccc2c(c1O)C(=O)C1C(=O)[C@]3(C#N)C(=O)C(C(N)=O)C(=O)[C@@H](N(C)C)[C@]3(N)C[C@]1(N)C2. The van der Waals surface area contributed by atoms with Crippen LogP contribution in [0.15, 0.2) is 12.1 Å². The molecular weight excluding hydrogens is 522 g/mol. The number of Topliss-reactive ketones (excluding diaryl/α,β-unsaturated/α-hetero) is 4. The van der Waals surface area contributed by atoms with Gasteiger partial charge in [0, 0.05) is 5.54 Å². The highest BCUT2D eigenvalue weighted by atomic mass is 16.3. The summed E-state index contributed by atoms with van der Waals surface area (Å²) in [6, 6.07) is 3.03. The lowest BCUT2D eigenvalue weighted by molar-refractivity contribution is -0.166. The third kappa shape index (κ3) is 3.69. The van der Waals surface area contributed by atoms with Crippen molar-refractivity contribution in [1.29, 1.82) is 5.26 Å². The third-order valence-electron chi connectivity index (χ3n) is 8.20. The molecule has 2 amide bonds. The molecule has 0 aromatic heterocycles. The number of carbonyl (C=O) groups is 6. The number of nitrogens with zero attached hydrogens (tertiary/aromatic N) is 3. The molecule has 2 saturated carbocycles. The number of hydrogen-bond acceptors (Lipinski definition) is 12. The van der Waals surface area contributed by atoms with Gasteiger partial charge in [0.2, 0.25) is 11.8 Å². The Bertz CT molecular complexity index is 1430. The summed E-state index contributed by atoms with van der Waals surface area (Å²) in [6.45, 7) is -0.0182. The molecule has 212 valence electrons. The highest BCUT2D eigenvalue weighted by Crippen LogP contribution is 2.56. The largest absolute Gasteiger partial charge is 0.505 e. The van der Waals surface area contributed by atoms with Crippen LogP contribution in [0.5, 0.6) is 5.75 Å². The van der Waals surface area contributed by atoms with E-state index in [9.17, 15) is 39.1 Å². The number of amides is 2. The molecule has 0 heterocycles. The number of nitrogens with two attached hydrogens (primary N) is 3. The van der Waals surface area contributed by atoms with Crippen LogP contribution in [0, 0.1) is 28.6 Å². The second-order valence-corrected chi connectivity index (χ2v) is 11.4. The van der Waals surface area contributed by atoms with Gasteiger partial charge in [-0.05, 0) is 52.7 Å². The zero-order valence-electron chi connectivity index (χ0n) is 22.5. The molecule has 2 fully saturated rings. The Balaban J connectivity index is 1.91. The average Bonchev–Trinajstić information content (AvgIpc) is 2.79. The van der Waals surface area contributed by atoms with Crippen LogP contribution in [0.25, 0.3) is 0 Å². The lowest BCUT2D eigenvalue weighted by Gasteiger charge is -2.60. The zero-order chi connectivity index (χ0) is 30.1. The van der Waals surface area contributed by atoms with Gasteiger partial charge in [0.25, 0.3) is 0 Å². The quantitative estimate of drug-likeness (QED) is 0.185. The van der Waals surface area contributed by atoms with Gasteiger partial charge in [-0.15, -0.1) is 0 Å². The Morgan fingerprint density at radius 1 is 1.12 bits per heavy atom. The van der Waals surface area contributed by atoms with Crippen LogP contribution in [0.4, 0.5) is 5.69 Å². The highest BCUT2D eigenvalue weighted by Gasteiger charge is 2.78. The first-order valence-electron chi connectivity index (χ1n) is 12.4. The molecule has 40 heavy (non-hydrogen) atoms. The van der Waals surface area contributed by atoms with Crippen molar-refractivity contribution >= 4 is 40.6 Å². The fourth-order valence-electron chi connectivity index (χ4n) is 6.77. The van der Waals surface area contributed by atoms with E-state index >= 15 is 0 Å². The minimum Gasteiger partial charge on any atom is -0.505 e. The Hall–Kier alpha value is -4.03. The van der Waals surface area contributed by atoms with Crippen LogP contribution in [0.1, 0.15) is 22.3 Å². The van der Waals surface area contributed by atoms with E-state index in [2.05, 4.69) is 5.32 Å². The molecule has 14 heteroatoms. The first kappa shape index (κ1) is 29.0. The predicted octanol–water partition coefficient (Wildman–Crippen LogP) is -2.69. The lowest BCUT2D eigenvalue weighted by Crippen LogP contribution is -2.85. The van der Waals surface area contributed by atoms with Crippen molar-refractivity contribution in [3.05, 3.63) is 23.3 Å². The molecule has 6 atom stereocenters. The molecule has 0 saturated heterocycles. The van der Waals surface area contributed by atoms with Gasteiger partial charge in [0.05, 0.1) is 35.4 Å². The van der Waals surface area contributed by atoms with Crippen molar-refractivity contribution in [2.45, 2.75) is 30.0 Å². The van der Waals surface area contributed by atoms with Gasteiger partial charge in [-0.3, -0.25) is 33.7 Å². The van der Waals surface area contributed by atoms with Crippen LogP contribution in [-0.4, -0.2) is 102 Å². The molecule has 0 aliphatic heterocycles. The van der Waals surface area contributed by atoms with Crippen LogP contribution >= 0.6 is 0 Å². The van der Waals surface area contributed by atoms with Gasteiger partial charge in [-0.25, -0.2) is 0 Å². The summed E-state index contributed by atoms with van der Waals surface area (Å²) >= 11 is 0. The molecule has 1 aromatic rings. The predicted molar refractivity (Wildman–Crippen MR) is 138 cm³/mol. The monoisotopic (exact) mass is 553 g/mol. The second kappa shape index (κ2) is 9.27. The zero-order valence-corrected chi connectivity index (χ0v) is 22.5. The lowest BCUT2D eigenvalue weighted by atomic mass is 9.43. The standard InChI is InChI=1S/C26H31N7O7/c1-32(2)8-13(34)31-12-6-5-11-7-24(29)9-26(30)20(33(3)4)19(37)15(23(28)40)21(38)25(26,10-27)22(39)16(24)18(36)14(11)17(12)35/h5-6,15-16,20,35H,7-9,29-30H2,1-4H3,(H2,28,40)(H,31,34)/t15?,16?,20-,24-,25+,26-/m1/s1. The topological polar surface area (TPSA) is 243 Å². The van der Waals surface area contributed by atoms with Crippen molar-refractivity contribution in [2.24, 2.45) is 34.5 Å². The van der Waals surface area contributed by atoms with E-state index in [1.165, 1.54) is 31.1 Å². The van der Waals surface area contributed by atoms with Crippen LogP contribution in [0.2, 0.25) is 0 Å². The molecule has 0 spiro atoms. The van der Waals surface area contributed by atoms with Gasteiger partial charge < -0.3 is 32.5 Å². The van der Waals surface area contributed by atoms with Crippen molar-refractivity contribution in [3.63, 3.8) is 0 Å². The number of primary amides is 1. The fraction of sp³-hybridized carbons (Fsp3) is 0.500. The number of nitriles is 1. The number of anilines is 1. The van der Waals surface area contributed by atoms with Crippen LogP contribution in [-0.2, 0) is 30.4 Å². The minimum atomic E-state index is -2.82. The molecule has 8 N–H and O–H groups in total. The smallest absolute Gasteiger partial charge is 0.238 e. The summed E-state index contributed by atoms with van der Waals surface area (Å²) in [7, 11) is 6.19. The first-order chi connectivity index (χ1) is 18.5. The highest BCUT2D eigenvalue weighted by molar-refractivity contribution is 6.33. The fourth-order valence-corrected chi connectivity index (χ4v) is 6.77. The van der Waals surface area contributed by atoms with E-state index in [1.54, 1.807) is 25.1 Å². The molecule has 4 rings (SSSR count). The van der Waals surface area contributed by atoms with E-state index < -0.39 is 81.5 Å². The number of rotatable bonds is 5. The van der Waals surface area contributed by atoms with Crippen molar-refractivity contribution in [2.75, 3.05) is 40.1 Å². The van der Waals surface area contributed by atoms with Crippen LogP contribution in [0.3, 0.4) is 0 Å². The van der Waals surface area contributed by atoms with E-state index in [0.717, 1.165) is 0 Å². The summed E-state index contributed by atoms with van der Waals surface area (Å²) in [5.74, 6) is -11.0. The Labute approximate surface area is 229 Å². The first-order valence-corrected chi connectivity index (χ1v) is 12.4. The van der Waals surface area contributed by atoms with E-state index in [-0.39, 0.29) is 29.8 Å². The number of carbonyl (C=O) groups excluding carboxylic acids is 6. The number of fused-ring (bicyclic) bond motifs is 3. The Morgan fingerprint density at radius 2 is 1.75 bits per heavy atom. The molecule has 3 aliphatic carbocycles. The van der Waals surface area contributed by atoms with Gasteiger partial charge in [0.1, 0.15) is 11.7 Å². The molecule has 0 radical (unpaired) electrons. The number of phenols is 1. The van der Waals surface area contributed by atoms with Crippen LogP contribution < -0.4 is 22.5 Å². The van der Waals surface area contributed by atoms with Crippen molar-refractivity contribution in [3.8, 4) is 11.8 Å². The van der Waals surface area contributed by atoms with Gasteiger partial charge in [-0.1, -0.05) is 6.07 Å². The van der Waals surface area contributed by atoms with Gasteiger partial charge in [0.15, 0.2) is 34.5 Å². The summed E-state index contributed by atoms with van der Waals surface area (Å²) in [6.07, 6.45) is -0.685. The van der Waals surface area contributed by atoms with Crippen molar-refractivity contribution in [1.82, 2.24) is 9.80 Å². The number of phenolic OH excluding ortho intramolecular Hbond substituents is 1. The van der Waals surface area contributed by atoms with E-state index in [4.69, 9.17) is 17.2 Å². The summed E-state index contributed by atoms with van der Waals surface area (Å²) < 4.78 is 0. The molecule has 14 nitrogen and oxygen atoms in total. The molecule has 3 aliphatic rings. The average molecular weight is 554 g/mol. The minimum absolute atomic E-state index is 0.0182. The summed E-state index contributed by atoms with van der Waals surface area (Å²) in [4.78, 5) is 82.7. The van der Waals surface area contributed by atoms with Crippen molar-refractivity contribution < 1.29 is 33.9 Å². The maximum absolute atomic E-state index is 14.3. The number of hydrogen-bond donors (Lipinski definition) is 5. The number of ketones is 4. The second-order valence-electron chi connectivity index (χ2n) is 11.4. The molecular formula is C26H31N7O7. The molecule has 2 unspecified atom stereocenters. The maximum Gasteiger partial charge on any atom is 0.238 e. The van der Waals surface area contributed by atoms with Gasteiger partial charge in [-0.2, -0.15) is 5.26 Å². The summed E-state index contributed by atoms with van der Waals surface area (Å²) in [5, 5.41) is 23.9. The number of nitrogens with one attached hydrogen (secondary N) is 1. The van der Waals surface area contributed by atoms with E-state index in [1.807, 2.05) is 0 Å². The normalized spacial score (nSPS) is 33.2. The Morgan fingerprint density at radius 3 is 2.27 bits per heavy atom.